The number of H-pyrrole nitrogens is 1. The van der Waals surface area contributed by atoms with Crippen LogP contribution in [0.4, 0.5) is 0 Å². The molecule has 1 atom stereocenters. The number of aromatic amines is 1. The summed E-state index contributed by atoms with van der Waals surface area (Å²) < 4.78 is 0. The molecule has 1 rings (SSSR count). The minimum atomic E-state index is -1.01. The van der Waals surface area contributed by atoms with Gasteiger partial charge in [0.05, 0.1) is 5.54 Å². The molecule has 1 aromatic heterocycles. The first kappa shape index (κ1) is 14.7. The van der Waals surface area contributed by atoms with Gasteiger partial charge in [0, 0.05) is 18.0 Å². The smallest absolute Gasteiger partial charge is 0.257 e. The summed E-state index contributed by atoms with van der Waals surface area (Å²) in [6.45, 7) is 5.11. The topological polar surface area (TPSA) is 121 Å². The molecule has 5 N–H and O–H groups in total. The second-order valence-corrected chi connectivity index (χ2v) is 4.52. The lowest BCUT2D eigenvalue weighted by Crippen LogP contribution is -2.55. The molecule has 0 bridgehead atoms. The van der Waals surface area contributed by atoms with Crippen molar-refractivity contribution in [1.82, 2.24) is 10.3 Å². The van der Waals surface area contributed by atoms with Gasteiger partial charge in [0.2, 0.25) is 0 Å². The van der Waals surface area contributed by atoms with Gasteiger partial charge in [-0.25, -0.2) is 0 Å². The Hall–Kier alpha value is -2.31. The highest BCUT2D eigenvalue weighted by Gasteiger charge is 2.30. The first-order valence-electron chi connectivity index (χ1n) is 5.84. The normalized spacial score (nSPS) is 14.8. The summed E-state index contributed by atoms with van der Waals surface area (Å²) in [4.78, 5) is 26.5. The summed E-state index contributed by atoms with van der Waals surface area (Å²) in [7, 11) is 0. The maximum Gasteiger partial charge on any atom is 0.257 e. The molecule has 0 aromatic carbocycles. The van der Waals surface area contributed by atoms with E-state index in [2.05, 4.69) is 15.5 Å². The molecule has 1 amide bonds. The number of hydrogen-bond donors (Lipinski definition) is 4. The number of nitrogens with one attached hydrogen (secondary N) is 2. The molecule has 0 spiro atoms. The average Bonchev–Trinajstić information content (AvgIpc) is 2.37. The van der Waals surface area contributed by atoms with Crippen molar-refractivity contribution < 1.29 is 10.0 Å². The predicted molar refractivity (Wildman–Crippen MR) is 71.4 cm³/mol. The average molecular weight is 266 g/mol. The fourth-order valence-electron chi connectivity index (χ4n) is 1.51. The summed E-state index contributed by atoms with van der Waals surface area (Å²) in [6, 6.07) is 1.34. The standard InChI is InChI=1S/C12H18N4O3/c1-4-12(3,11(13)16-19)15-10(18)8-6-14-7(2)5-9(8)17/h5-6,19H,4H2,1-3H3,(H2,13,16)(H,14,17)(H,15,18). The van der Waals surface area contributed by atoms with E-state index in [0.717, 1.165) is 0 Å². The van der Waals surface area contributed by atoms with Crippen molar-refractivity contribution in [3.05, 3.63) is 33.7 Å². The lowest BCUT2D eigenvalue weighted by atomic mass is 9.97. The van der Waals surface area contributed by atoms with Crippen molar-refractivity contribution in [2.45, 2.75) is 32.7 Å². The van der Waals surface area contributed by atoms with Crippen molar-refractivity contribution in [2.75, 3.05) is 0 Å². The van der Waals surface area contributed by atoms with E-state index in [1.54, 1.807) is 20.8 Å². The number of aromatic nitrogens is 1. The molecule has 0 aliphatic heterocycles. The molecule has 104 valence electrons. The zero-order chi connectivity index (χ0) is 14.6. The zero-order valence-electron chi connectivity index (χ0n) is 11.2. The van der Waals surface area contributed by atoms with E-state index in [1.807, 2.05) is 0 Å². The summed E-state index contributed by atoms with van der Waals surface area (Å²) in [5, 5.41) is 14.2. The number of amidine groups is 1. The third-order valence-electron chi connectivity index (χ3n) is 3.07. The summed E-state index contributed by atoms with van der Waals surface area (Å²) >= 11 is 0. The van der Waals surface area contributed by atoms with Gasteiger partial charge in [-0.1, -0.05) is 12.1 Å². The first-order chi connectivity index (χ1) is 8.84. The Morgan fingerprint density at radius 2 is 2.26 bits per heavy atom. The van der Waals surface area contributed by atoms with E-state index in [9.17, 15) is 9.59 Å². The Balaban J connectivity index is 3.05. The molecule has 1 aromatic rings. The first-order valence-corrected chi connectivity index (χ1v) is 5.84. The lowest BCUT2D eigenvalue weighted by Gasteiger charge is -2.27. The number of rotatable bonds is 4. The molecule has 7 nitrogen and oxygen atoms in total. The quantitative estimate of drug-likeness (QED) is 0.271. The number of carbonyl (C=O) groups is 1. The van der Waals surface area contributed by atoms with E-state index >= 15 is 0 Å². The van der Waals surface area contributed by atoms with Gasteiger partial charge in [-0.05, 0) is 20.3 Å². The fraction of sp³-hybridized carbons (Fsp3) is 0.417. The van der Waals surface area contributed by atoms with Gasteiger partial charge >= 0.3 is 0 Å². The number of carbonyl (C=O) groups excluding carboxylic acids is 1. The van der Waals surface area contributed by atoms with Gasteiger partial charge in [-0.15, -0.1) is 0 Å². The van der Waals surface area contributed by atoms with Crippen LogP contribution in [0.15, 0.2) is 22.2 Å². The molecule has 7 heteroatoms. The molecule has 0 saturated heterocycles. The maximum atomic E-state index is 12.0. The Morgan fingerprint density at radius 3 is 2.74 bits per heavy atom. The van der Waals surface area contributed by atoms with Crippen LogP contribution < -0.4 is 16.5 Å². The van der Waals surface area contributed by atoms with Crippen LogP contribution in [-0.4, -0.2) is 27.5 Å². The molecule has 1 heterocycles. The summed E-state index contributed by atoms with van der Waals surface area (Å²) in [5.41, 5.74) is 4.80. The largest absolute Gasteiger partial charge is 0.409 e. The van der Waals surface area contributed by atoms with Gasteiger partial charge in [-0.2, -0.15) is 0 Å². The second-order valence-electron chi connectivity index (χ2n) is 4.52. The number of nitrogens with two attached hydrogens (primary N) is 1. The third kappa shape index (κ3) is 3.12. The van der Waals surface area contributed by atoms with Crippen LogP contribution in [0.1, 0.15) is 36.3 Å². The predicted octanol–water partition coefficient (Wildman–Crippen LogP) is 0.328. The molecule has 0 aliphatic rings. The van der Waals surface area contributed by atoms with Gasteiger partial charge in [0.25, 0.3) is 5.91 Å². The van der Waals surface area contributed by atoms with Crippen LogP contribution in [0.3, 0.4) is 0 Å². The summed E-state index contributed by atoms with van der Waals surface area (Å²) in [5.74, 6) is -0.691. The maximum absolute atomic E-state index is 12.0. The number of oxime groups is 1. The highest BCUT2D eigenvalue weighted by Crippen LogP contribution is 2.10. The van der Waals surface area contributed by atoms with Crippen LogP contribution in [0.25, 0.3) is 0 Å². The molecule has 19 heavy (non-hydrogen) atoms. The van der Waals surface area contributed by atoms with Gasteiger partial charge in [-0.3, -0.25) is 9.59 Å². The Bertz CT molecular complexity index is 564. The van der Waals surface area contributed by atoms with Crippen LogP contribution in [-0.2, 0) is 0 Å². The van der Waals surface area contributed by atoms with Crippen LogP contribution in [0, 0.1) is 6.92 Å². The fourth-order valence-corrected chi connectivity index (χ4v) is 1.51. The van der Waals surface area contributed by atoms with E-state index < -0.39 is 11.4 Å². The Labute approximate surface area is 110 Å². The number of aryl methyl sites for hydroxylation is 1. The van der Waals surface area contributed by atoms with E-state index in [1.165, 1.54) is 12.3 Å². The van der Waals surface area contributed by atoms with Crippen molar-refractivity contribution >= 4 is 11.7 Å². The molecule has 1 unspecified atom stereocenters. The third-order valence-corrected chi connectivity index (χ3v) is 3.07. The van der Waals surface area contributed by atoms with Crippen molar-refractivity contribution in [3.63, 3.8) is 0 Å². The highest BCUT2D eigenvalue weighted by molar-refractivity contribution is 5.99. The van der Waals surface area contributed by atoms with Crippen LogP contribution in [0.2, 0.25) is 0 Å². The summed E-state index contributed by atoms with van der Waals surface area (Å²) in [6.07, 6.45) is 1.76. The van der Waals surface area contributed by atoms with Crippen molar-refractivity contribution in [2.24, 2.45) is 10.9 Å². The molecule has 0 fully saturated rings. The second kappa shape index (κ2) is 5.55. The monoisotopic (exact) mass is 266 g/mol. The minimum Gasteiger partial charge on any atom is -0.409 e. The highest BCUT2D eigenvalue weighted by atomic mass is 16.4. The SMILES string of the molecule is CCC(C)(NC(=O)c1c[nH]c(C)cc1=O)C(N)=NO. The number of nitrogens with zero attached hydrogens (tertiary/aromatic N) is 1. The van der Waals surface area contributed by atoms with Crippen molar-refractivity contribution in [1.29, 1.82) is 0 Å². The number of amides is 1. The van der Waals surface area contributed by atoms with Gasteiger partial charge < -0.3 is 21.2 Å². The van der Waals surface area contributed by atoms with E-state index in [-0.39, 0.29) is 16.8 Å². The van der Waals surface area contributed by atoms with Crippen molar-refractivity contribution in [3.8, 4) is 0 Å². The van der Waals surface area contributed by atoms with E-state index in [4.69, 9.17) is 10.9 Å². The zero-order valence-corrected chi connectivity index (χ0v) is 11.2. The van der Waals surface area contributed by atoms with Gasteiger partial charge in [0.15, 0.2) is 11.3 Å². The van der Waals surface area contributed by atoms with E-state index in [0.29, 0.717) is 12.1 Å². The Morgan fingerprint density at radius 1 is 1.63 bits per heavy atom. The minimum absolute atomic E-state index is 0.0176. The number of hydrogen-bond acceptors (Lipinski definition) is 4. The Kier molecular flexibility index (Phi) is 4.31. The number of pyridine rings is 1. The van der Waals surface area contributed by atoms with Crippen LogP contribution >= 0.6 is 0 Å². The lowest BCUT2D eigenvalue weighted by molar-refractivity contribution is 0.0923. The molecular weight excluding hydrogens is 248 g/mol. The molecule has 0 saturated carbocycles. The van der Waals surface area contributed by atoms with Crippen LogP contribution in [0.5, 0.6) is 0 Å². The van der Waals surface area contributed by atoms with Gasteiger partial charge in [0.1, 0.15) is 5.56 Å². The molecule has 0 radical (unpaired) electrons. The molecule has 0 aliphatic carbocycles. The molecular formula is C12H18N4O3.